The predicted octanol–water partition coefficient (Wildman–Crippen LogP) is 2.50. The van der Waals surface area contributed by atoms with Crippen molar-refractivity contribution in [2.45, 2.75) is 26.7 Å². The maximum Gasteiger partial charge on any atom is 0.141 e. The number of halogens is 1. The highest BCUT2D eigenvalue weighted by Gasteiger charge is 2.01. The molecule has 2 N–H and O–H groups in total. The Morgan fingerprint density at radius 3 is 2.40 bits per heavy atom. The van der Waals surface area contributed by atoms with Crippen molar-refractivity contribution >= 4 is 0 Å². The van der Waals surface area contributed by atoms with Crippen LogP contribution < -0.4 is 5.73 Å². The van der Waals surface area contributed by atoms with Crippen molar-refractivity contribution in [3.63, 3.8) is 0 Å². The van der Waals surface area contributed by atoms with Crippen LogP contribution >= 0.6 is 0 Å². The van der Waals surface area contributed by atoms with Crippen LogP contribution in [0.5, 0.6) is 0 Å². The summed E-state index contributed by atoms with van der Waals surface area (Å²) in [4.78, 5) is 0. The van der Waals surface area contributed by atoms with Crippen molar-refractivity contribution in [3.05, 3.63) is 23.7 Å². The maximum absolute atomic E-state index is 12.2. The van der Waals surface area contributed by atoms with Gasteiger partial charge in [0.15, 0.2) is 0 Å². The van der Waals surface area contributed by atoms with Gasteiger partial charge < -0.3 is 5.73 Å². The lowest BCUT2D eigenvalue weighted by Crippen LogP contribution is -2.01. The van der Waals surface area contributed by atoms with Gasteiger partial charge >= 0.3 is 0 Å². The molecule has 1 aliphatic rings. The highest BCUT2D eigenvalue weighted by atomic mass is 19.1. The van der Waals surface area contributed by atoms with E-state index in [0.717, 1.165) is 6.42 Å². The molecule has 58 valence electrons. The summed E-state index contributed by atoms with van der Waals surface area (Å²) in [7, 11) is 0. The van der Waals surface area contributed by atoms with E-state index < -0.39 is 0 Å². The van der Waals surface area contributed by atoms with Crippen LogP contribution in [0, 0.1) is 0 Å². The lowest BCUT2D eigenvalue weighted by Gasteiger charge is -2.02. The molecule has 0 spiro atoms. The van der Waals surface area contributed by atoms with Gasteiger partial charge in [0.25, 0.3) is 0 Å². The molecular formula is C8H14FN. The first kappa shape index (κ1) is 9.21. The van der Waals surface area contributed by atoms with Gasteiger partial charge in [-0.05, 0) is 18.9 Å². The molecule has 0 atom stereocenters. The minimum absolute atomic E-state index is 0.267. The highest BCUT2D eigenvalue weighted by Crippen LogP contribution is 2.14. The van der Waals surface area contributed by atoms with Gasteiger partial charge in [-0.15, -0.1) is 0 Å². The van der Waals surface area contributed by atoms with Crippen molar-refractivity contribution in [1.82, 2.24) is 0 Å². The molecule has 1 aliphatic carbocycles. The number of rotatable bonds is 0. The zero-order valence-corrected chi connectivity index (χ0v) is 6.52. The van der Waals surface area contributed by atoms with E-state index in [2.05, 4.69) is 0 Å². The molecule has 0 saturated carbocycles. The third kappa shape index (κ3) is 2.67. The standard InChI is InChI=1S/C6H8FN.C2H6/c7-5-3-1-2-4-6(5)8;1-2/h1,3H,2,4,8H2;1-2H3. The number of nitrogens with two attached hydrogens (primary N) is 1. The van der Waals surface area contributed by atoms with Crippen molar-refractivity contribution in [2.75, 3.05) is 0 Å². The van der Waals surface area contributed by atoms with Crippen LogP contribution in [-0.2, 0) is 0 Å². The van der Waals surface area contributed by atoms with Gasteiger partial charge in [0.1, 0.15) is 5.83 Å². The zero-order chi connectivity index (χ0) is 7.98. The van der Waals surface area contributed by atoms with Gasteiger partial charge in [0.2, 0.25) is 0 Å². The van der Waals surface area contributed by atoms with Gasteiger partial charge in [-0.2, -0.15) is 0 Å². The topological polar surface area (TPSA) is 26.0 Å². The number of hydrogen-bond donors (Lipinski definition) is 1. The molecule has 0 aromatic rings. The van der Waals surface area contributed by atoms with Crippen LogP contribution in [-0.4, -0.2) is 0 Å². The van der Waals surface area contributed by atoms with E-state index in [-0.39, 0.29) is 5.83 Å². The van der Waals surface area contributed by atoms with Crippen LogP contribution in [0.25, 0.3) is 0 Å². The van der Waals surface area contributed by atoms with E-state index in [0.29, 0.717) is 12.1 Å². The Morgan fingerprint density at radius 2 is 2.10 bits per heavy atom. The summed E-state index contributed by atoms with van der Waals surface area (Å²) >= 11 is 0. The Labute approximate surface area is 61.4 Å². The SMILES string of the molecule is CC.NC1=C(F)C=CCC1. The molecule has 0 unspecified atom stereocenters. The van der Waals surface area contributed by atoms with Crippen molar-refractivity contribution in [3.8, 4) is 0 Å². The molecule has 0 aliphatic heterocycles. The fraction of sp³-hybridized carbons (Fsp3) is 0.500. The molecular weight excluding hydrogens is 129 g/mol. The summed E-state index contributed by atoms with van der Waals surface area (Å²) < 4.78 is 12.2. The third-order valence-corrected chi connectivity index (χ3v) is 1.15. The van der Waals surface area contributed by atoms with Gasteiger partial charge in [-0.3, -0.25) is 0 Å². The van der Waals surface area contributed by atoms with Crippen LogP contribution in [0.1, 0.15) is 26.7 Å². The number of allylic oxidation sites excluding steroid dienone is 4. The molecule has 0 saturated heterocycles. The smallest absolute Gasteiger partial charge is 0.141 e. The second kappa shape index (κ2) is 5.03. The summed E-state index contributed by atoms with van der Waals surface area (Å²) in [6, 6.07) is 0. The number of hydrogen-bond acceptors (Lipinski definition) is 1. The van der Waals surface area contributed by atoms with E-state index in [9.17, 15) is 4.39 Å². The fourth-order valence-electron chi connectivity index (χ4n) is 0.652. The van der Waals surface area contributed by atoms with Gasteiger partial charge in [0.05, 0.1) is 0 Å². The first-order valence-corrected chi connectivity index (χ1v) is 3.61. The highest BCUT2D eigenvalue weighted by molar-refractivity contribution is 5.21. The Hall–Kier alpha value is -0.790. The second-order valence-electron chi connectivity index (χ2n) is 1.81. The Bertz CT molecular complexity index is 147. The van der Waals surface area contributed by atoms with Crippen molar-refractivity contribution in [1.29, 1.82) is 0 Å². The molecule has 0 heterocycles. The van der Waals surface area contributed by atoms with E-state index in [4.69, 9.17) is 5.73 Å². The molecule has 2 heteroatoms. The van der Waals surface area contributed by atoms with Crippen LogP contribution in [0.3, 0.4) is 0 Å². The fourth-order valence-corrected chi connectivity index (χ4v) is 0.652. The minimum Gasteiger partial charge on any atom is -0.400 e. The molecule has 1 nitrogen and oxygen atoms in total. The first-order valence-electron chi connectivity index (χ1n) is 3.61. The quantitative estimate of drug-likeness (QED) is 0.554. The molecule has 10 heavy (non-hydrogen) atoms. The first-order chi connectivity index (χ1) is 4.80. The Kier molecular flexibility index (Phi) is 4.63. The Balaban J connectivity index is 0.000000371. The molecule has 1 rings (SSSR count). The lowest BCUT2D eigenvalue weighted by molar-refractivity contribution is 0.633. The summed E-state index contributed by atoms with van der Waals surface area (Å²) in [6.45, 7) is 4.00. The van der Waals surface area contributed by atoms with Crippen LogP contribution in [0.2, 0.25) is 0 Å². The van der Waals surface area contributed by atoms with Gasteiger partial charge in [-0.25, -0.2) is 4.39 Å². The summed E-state index contributed by atoms with van der Waals surface area (Å²) in [5, 5.41) is 0. The predicted molar refractivity (Wildman–Crippen MR) is 42.0 cm³/mol. The van der Waals surface area contributed by atoms with Crippen molar-refractivity contribution in [2.24, 2.45) is 5.73 Å². The van der Waals surface area contributed by atoms with E-state index >= 15 is 0 Å². The molecule has 0 aromatic carbocycles. The minimum atomic E-state index is -0.267. The normalized spacial score (nSPS) is 16.3. The molecule has 0 amide bonds. The summed E-state index contributed by atoms with van der Waals surface area (Å²) in [6.07, 6.45) is 4.74. The maximum atomic E-state index is 12.2. The van der Waals surface area contributed by atoms with Gasteiger partial charge in [-0.1, -0.05) is 19.9 Å². The second-order valence-corrected chi connectivity index (χ2v) is 1.81. The third-order valence-electron chi connectivity index (χ3n) is 1.15. The van der Waals surface area contributed by atoms with Crippen molar-refractivity contribution < 1.29 is 4.39 Å². The van der Waals surface area contributed by atoms with Crippen LogP contribution in [0.15, 0.2) is 23.7 Å². The Morgan fingerprint density at radius 1 is 1.50 bits per heavy atom. The molecule has 0 fully saturated rings. The molecule has 0 bridgehead atoms. The molecule has 0 aromatic heterocycles. The summed E-state index contributed by atoms with van der Waals surface area (Å²) in [5.74, 6) is -0.267. The lowest BCUT2D eigenvalue weighted by atomic mass is 10.1. The average Bonchev–Trinajstić information content (AvgIpc) is 2.00. The van der Waals surface area contributed by atoms with E-state index in [1.807, 2.05) is 13.8 Å². The zero-order valence-electron chi connectivity index (χ0n) is 6.52. The van der Waals surface area contributed by atoms with Crippen LogP contribution in [0.4, 0.5) is 4.39 Å². The largest absolute Gasteiger partial charge is 0.400 e. The van der Waals surface area contributed by atoms with E-state index in [1.54, 1.807) is 6.08 Å². The summed E-state index contributed by atoms with van der Waals surface area (Å²) in [5.41, 5.74) is 5.61. The molecule has 0 radical (unpaired) electrons. The van der Waals surface area contributed by atoms with Gasteiger partial charge in [0, 0.05) is 5.70 Å². The van der Waals surface area contributed by atoms with E-state index in [1.165, 1.54) is 6.08 Å². The average molecular weight is 143 g/mol. The monoisotopic (exact) mass is 143 g/mol.